The Morgan fingerprint density at radius 2 is 1.69 bits per heavy atom. The minimum absolute atomic E-state index is 0.0861. The molecular formula is C26H25Cl2N3O4S. The first kappa shape index (κ1) is 27.3. The number of benzene rings is 3. The van der Waals surface area contributed by atoms with Crippen molar-refractivity contribution >= 4 is 63.7 Å². The number of hydrogen-bond donors (Lipinski definition) is 3. The lowest BCUT2D eigenvalue weighted by Crippen LogP contribution is -2.34. The van der Waals surface area contributed by atoms with E-state index in [4.69, 9.17) is 44.9 Å². The van der Waals surface area contributed by atoms with Crippen LogP contribution >= 0.6 is 35.4 Å². The van der Waals surface area contributed by atoms with Gasteiger partial charge in [-0.3, -0.25) is 9.59 Å². The molecule has 3 aromatic carbocycles. The molecule has 0 aliphatic rings. The van der Waals surface area contributed by atoms with E-state index in [1.54, 1.807) is 66.7 Å². The van der Waals surface area contributed by atoms with E-state index in [9.17, 15) is 9.59 Å². The van der Waals surface area contributed by atoms with Crippen molar-refractivity contribution in [3.63, 3.8) is 0 Å². The fourth-order valence-corrected chi connectivity index (χ4v) is 3.83. The number of nitrogens with one attached hydrogen (secondary N) is 3. The minimum Gasteiger partial charge on any atom is -0.494 e. The average Bonchev–Trinajstić information content (AvgIpc) is 2.84. The number of halogens is 2. The van der Waals surface area contributed by atoms with Gasteiger partial charge in [0.2, 0.25) is 5.91 Å². The van der Waals surface area contributed by atoms with Crippen LogP contribution in [0.15, 0.2) is 66.7 Å². The van der Waals surface area contributed by atoms with E-state index in [-0.39, 0.29) is 23.3 Å². The maximum atomic E-state index is 12.8. The van der Waals surface area contributed by atoms with Gasteiger partial charge < -0.3 is 25.4 Å². The maximum absolute atomic E-state index is 12.8. The predicted molar refractivity (Wildman–Crippen MR) is 148 cm³/mol. The first-order chi connectivity index (χ1) is 17.4. The van der Waals surface area contributed by atoms with Crippen LogP contribution in [-0.4, -0.2) is 30.1 Å². The number of carbonyl (C=O) groups excluding carboxylic acids is 2. The summed E-state index contributed by atoms with van der Waals surface area (Å²) < 4.78 is 11.0. The molecule has 0 saturated heterocycles. The molecule has 3 rings (SSSR count). The highest BCUT2D eigenvalue weighted by Gasteiger charge is 2.13. The summed E-state index contributed by atoms with van der Waals surface area (Å²) in [6.07, 6.45) is 0.640. The van der Waals surface area contributed by atoms with Crippen LogP contribution in [0.1, 0.15) is 30.1 Å². The van der Waals surface area contributed by atoms with Gasteiger partial charge >= 0.3 is 0 Å². The number of amides is 2. The molecule has 0 aromatic heterocycles. The minimum atomic E-state index is -0.325. The second-order valence-corrected chi connectivity index (χ2v) is 8.74. The van der Waals surface area contributed by atoms with E-state index in [2.05, 4.69) is 16.0 Å². The van der Waals surface area contributed by atoms with Gasteiger partial charge in [-0.25, -0.2) is 0 Å². The van der Waals surface area contributed by atoms with E-state index in [0.717, 1.165) is 5.75 Å². The third kappa shape index (κ3) is 8.41. The summed E-state index contributed by atoms with van der Waals surface area (Å²) in [5, 5.41) is 9.39. The fourth-order valence-electron chi connectivity index (χ4n) is 3.14. The zero-order chi connectivity index (χ0) is 25.9. The van der Waals surface area contributed by atoms with Crippen molar-refractivity contribution in [1.82, 2.24) is 5.32 Å². The van der Waals surface area contributed by atoms with Crippen LogP contribution in [0, 0.1) is 0 Å². The Morgan fingerprint density at radius 1 is 0.944 bits per heavy atom. The number of rotatable bonds is 10. The molecule has 0 aliphatic carbocycles. The number of para-hydroxylation sites is 1. The Hall–Kier alpha value is -3.33. The quantitative estimate of drug-likeness (QED) is 0.204. The van der Waals surface area contributed by atoms with Crippen LogP contribution in [0.4, 0.5) is 11.4 Å². The van der Waals surface area contributed by atoms with Crippen molar-refractivity contribution in [2.24, 2.45) is 0 Å². The number of thiocarbonyl (C=S) groups is 1. The lowest BCUT2D eigenvalue weighted by molar-refractivity contribution is -0.119. The number of ether oxygens (including phenoxy) is 2. The molecule has 36 heavy (non-hydrogen) atoms. The van der Waals surface area contributed by atoms with Crippen molar-refractivity contribution in [2.45, 2.75) is 19.8 Å². The van der Waals surface area contributed by atoms with E-state index >= 15 is 0 Å². The van der Waals surface area contributed by atoms with Crippen molar-refractivity contribution in [2.75, 3.05) is 23.8 Å². The van der Waals surface area contributed by atoms with Gasteiger partial charge in [-0.05, 0) is 80.2 Å². The summed E-state index contributed by atoms with van der Waals surface area (Å²) in [5.74, 6) is 0.613. The van der Waals surface area contributed by atoms with Crippen LogP contribution in [-0.2, 0) is 4.79 Å². The Morgan fingerprint density at radius 3 is 2.42 bits per heavy atom. The molecule has 0 radical (unpaired) electrons. The van der Waals surface area contributed by atoms with Crippen LogP contribution in [0.25, 0.3) is 0 Å². The molecule has 0 heterocycles. The SMILES string of the molecule is CCOc1ccc(NC(=O)c2ccccc2NC(=S)NC(=O)CCCOc2ccc(Cl)cc2Cl)cc1. The molecule has 0 unspecified atom stereocenters. The van der Waals surface area contributed by atoms with E-state index in [1.165, 1.54) is 0 Å². The summed E-state index contributed by atoms with van der Waals surface area (Å²) >= 11 is 17.2. The Bertz CT molecular complexity index is 1220. The van der Waals surface area contributed by atoms with Crippen LogP contribution in [0.3, 0.4) is 0 Å². The molecule has 0 saturated carbocycles. The van der Waals surface area contributed by atoms with Gasteiger partial charge in [-0.2, -0.15) is 0 Å². The molecule has 0 bridgehead atoms. The van der Waals surface area contributed by atoms with Crippen LogP contribution in [0.2, 0.25) is 10.0 Å². The first-order valence-corrected chi connectivity index (χ1v) is 12.3. The van der Waals surface area contributed by atoms with E-state index < -0.39 is 0 Å². The standard InChI is InChI=1S/C26H25Cl2N3O4S/c1-2-34-19-12-10-18(11-13-19)29-25(33)20-6-3-4-7-22(20)30-26(36)31-24(32)8-5-15-35-23-14-9-17(27)16-21(23)28/h3-4,6-7,9-14,16H,2,5,8,15H2,1H3,(H,29,33)(H2,30,31,32,36). The smallest absolute Gasteiger partial charge is 0.257 e. The zero-order valence-electron chi connectivity index (χ0n) is 19.5. The van der Waals surface area contributed by atoms with Crippen molar-refractivity contribution in [3.05, 3.63) is 82.3 Å². The van der Waals surface area contributed by atoms with Crippen molar-refractivity contribution in [1.29, 1.82) is 0 Å². The van der Waals surface area contributed by atoms with Crippen molar-refractivity contribution < 1.29 is 19.1 Å². The lowest BCUT2D eigenvalue weighted by atomic mass is 10.1. The Balaban J connectivity index is 1.48. The summed E-state index contributed by atoms with van der Waals surface area (Å²) in [6.45, 7) is 2.76. The zero-order valence-corrected chi connectivity index (χ0v) is 21.8. The van der Waals surface area contributed by atoms with E-state index in [0.29, 0.717) is 52.4 Å². The van der Waals surface area contributed by atoms with Gasteiger partial charge in [0.1, 0.15) is 11.5 Å². The van der Waals surface area contributed by atoms with Crippen LogP contribution < -0.4 is 25.4 Å². The molecule has 3 N–H and O–H groups in total. The summed E-state index contributed by atoms with van der Waals surface area (Å²) in [6, 6.07) is 18.9. The third-order valence-corrected chi connectivity index (χ3v) is 5.53. The highest BCUT2D eigenvalue weighted by atomic mass is 35.5. The second-order valence-electron chi connectivity index (χ2n) is 7.49. The van der Waals surface area contributed by atoms with Gasteiger partial charge in [0, 0.05) is 17.1 Å². The van der Waals surface area contributed by atoms with E-state index in [1.807, 2.05) is 6.92 Å². The molecule has 2 amide bonds. The van der Waals surface area contributed by atoms with Gasteiger partial charge in [-0.1, -0.05) is 35.3 Å². The Kier molecular flexibility index (Phi) is 10.4. The third-order valence-electron chi connectivity index (χ3n) is 4.80. The average molecular weight is 546 g/mol. The number of carbonyl (C=O) groups is 2. The normalized spacial score (nSPS) is 10.3. The first-order valence-electron chi connectivity index (χ1n) is 11.2. The molecule has 188 valence electrons. The summed E-state index contributed by atoms with van der Waals surface area (Å²) in [4.78, 5) is 25.1. The molecule has 0 atom stereocenters. The number of hydrogen-bond acceptors (Lipinski definition) is 5. The van der Waals surface area contributed by atoms with Gasteiger partial charge in [-0.15, -0.1) is 0 Å². The highest BCUT2D eigenvalue weighted by Crippen LogP contribution is 2.27. The van der Waals surface area contributed by atoms with Gasteiger partial charge in [0.25, 0.3) is 5.91 Å². The molecule has 0 fully saturated rings. The fraction of sp³-hybridized carbons (Fsp3) is 0.192. The van der Waals surface area contributed by atoms with Crippen molar-refractivity contribution in [3.8, 4) is 11.5 Å². The molecule has 3 aromatic rings. The lowest BCUT2D eigenvalue weighted by Gasteiger charge is -2.14. The molecule has 0 spiro atoms. The summed E-state index contributed by atoms with van der Waals surface area (Å²) in [7, 11) is 0. The topological polar surface area (TPSA) is 88.7 Å². The predicted octanol–water partition coefficient (Wildman–Crippen LogP) is 6.32. The second kappa shape index (κ2) is 13.7. The molecular weight excluding hydrogens is 521 g/mol. The Labute approximate surface area is 225 Å². The molecule has 10 heteroatoms. The van der Waals surface area contributed by atoms with Gasteiger partial charge in [0.05, 0.1) is 29.5 Å². The largest absolute Gasteiger partial charge is 0.494 e. The maximum Gasteiger partial charge on any atom is 0.257 e. The molecule has 7 nitrogen and oxygen atoms in total. The monoisotopic (exact) mass is 545 g/mol. The van der Waals surface area contributed by atoms with Gasteiger partial charge in [0.15, 0.2) is 5.11 Å². The summed E-state index contributed by atoms with van der Waals surface area (Å²) in [5.41, 5.74) is 1.46. The molecule has 0 aliphatic heterocycles. The van der Waals surface area contributed by atoms with Crippen LogP contribution in [0.5, 0.6) is 11.5 Å². The highest BCUT2D eigenvalue weighted by molar-refractivity contribution is 7.80. The number of anilines is 2.